The first-order valence-corrected chi connectivity index (χ1v) is 10.3. The van der Waals surface area contributed by atoms with Crippen LogP contribution in [0.3, 0.4) is 0 Å². The molecule has 2 saturated carbocycles. The summed E-state index contributed by atoms with van der Waals surface area (Å²) < 4.78 is 23.0. The minimum atomic E-state index is -1.87. The van der Waals surface area contributed by atoms with Crippen LogP contribution < -0.4 is 0 Å². The highest BCUT2D eigenvalue weighted by molar-refractivity contribution is 5.93. The fourth-order valence-corrected chi connectivity index (χ4v) is 5.65. The van der Waals surface area contributed by atoms with Crippen LogP contribution in [-0.4, -0.2) is 52.7 Å². The largest absolute Gasteiger partial charge is 0.459 e. The Morgan fingerprint density at radius 2 is 1.93 bits per heavy atom. The molecule has 0 bridgehead atoms. The number of allylic oxidation sites excluding steroid dienone is 1. The first kappa shape index (κ1) is 21.1. The van der Waals surface area contributed by atoms with Gasteiger partial charge in [-0.2, -0.15) is 0 Å². The van der Waals surface area contributed by atoms with E-state index in [1.807, 2.05) is 13.8 Å². The maximum atomic E-state index is 12.4. The predicted octanol–water partition coefficient (Wildman–Crippen LogP) is 1.95. The third-order valence-corrected chi connectivity index (χ3v) is 7.68. The number of hydrogen-bond donors (Lipinski definition) is 1. The summed E-state index contributed by atoms with van der Waals surface area (Å²) in [5.41, 5.74) is -0.702. The zero-order chi connectivity index (χ0) is 22.2. The van der Waals surface area contributed by atoms with Gasteiger partial charge in [0.05, 0.1) is 11.7 Å². The van der Waals surface area contributed by atoms with Crippen molar-refractivity contribution in [2.45, 2.75) is 84.1 Å². The molecule has 0 radical (unpaired) electrons. The fourth-order valence-electron chi connectivity index (χ4n) is 5.65. The van der Waals surface area contributed by atoms with Gasteiger partial charge >= 0.3 is 17.9 Å². The lowest BCUT2D eigenvalue weighted by Crippen LogP contribution is -2.66. The molecule has 4 aliphatic rings. The van der Waals surface area contributed by atoms with Gasteiger partial charge in [0.15, 0.2) is 0 Å². The Labute approximate surface area is 175 Å². The summed E-state index contributed by atoms with van der Waals surface area (Å²) in [4.78, 5) is 36.8. The monoisotopic (exact) mass is 420 g/mol. The Bertz CT molecular complexity index is 903. The third kappa shape index (κ3) is 2.56. The van der Waals surface area contributed by atoms with E-state index in [0.717, 1.165) is 0 Å². The second-order valence-corrected chi connectivity index (χ2v) is 9.10. The first-order chi connectivity index (χ1) is 13.9. The van der Waals surface area contributed by atoms with Gasteiger partial charge in [-0.3, -0.25) is 4.79 Å². The molecule has 2 aliphatic carbocycles. The molecule has 1 saturated heterocycles. The Hall–Kier alpha value is -2.19. The van der Waals surface area contributed by atoms with E-state index >= 15 is 0 Å². The lowest BCUT2D eigenvalue weighted by Gasteiger charge is -2.55. The molecule has 0 aromatic carbocycles. The Balaban J connectivity index is 1.79. The van der Waals surface area contributed by atoms with Gasteiger partial charge in [0, 0.05) is 42.2 Å². The van der Waals surface area contributed by atoms with Crippen LogP contribution in [0.4, 0.5) is 0 Å². The van der Waals surface area contributed by atoms with Gasteiger partial charge in [0.2, 0.25) is 5.79 Å². The van der Waals surface area contributed by atoms with Crippen molar-refractivity contribution in [2.24, 2.45) is 11.3 Å². The highest BCUT2D eigenvalue weighted by Crippen LogP contribution is 2.71. The molecular formula is C22H28O8. The highest BCUT2D eigenvalue weighted by atomic mass is 16.7. The van der Waals surface area contributed by atoms with Gasteiger partial charge in [-0.1, -0.05) is 19.9 Å². The predicted molar refractivity (Wildman–Crippen MR) is 103 cm³/mol. The van der Waals surface area contributed by atoms with Crippen molar-refractivity contribution in [3.8, 4) is 0 Å². The van der Waals surface area contributed by atoms with Crippen LogP contribution in [0.2, 0.25) is 0 Å². The maximum Gasteiger partial charge on any atom is 0.336 e. The van der Waals surface area contributed by atoms with Crippen molar-refractivity contribution in [3.05, 3.63) is 22.8 Å². The van der Waals surface area contributed by atoms with E-state index in [1.54, 1.807) is 26.8 Å². The molecule has 1 spiro atoms. The number of epoxide rings is 1. The van der Waals surface area contributed by atoms with Gasteiger partial charge in [0.1, 0.15) is 17.8 Å². The zero-order valence-corrected chi connectivity index (χ0v) is 18.1. The summed E-state index contributed by atoms with van der Waals surface area (Å²) in [5.74, 6) is -3.75. The minimum Gasteiger partial charge on any atom is -0.459 e. The molecule has 7 unspecified atom stereocenters. The molecule has 8 heteroatoms. The summed E-state index contributed by atoms with van der Waals surface area (Å²) in [6.45, 7) is 10.1. The summed E-state index contributed by atoms with van der Waals surface area (Å²) >= 11 is 0. The Kier molecular flexibility index (Phi) is 4.50. The molecule has 7 atom stereocenters. The second kappa shape index (κ2) is 6.40. The Morgan fingerprint density at radius 1 is 1.27 bits per heavy atom. The van der Waals surface area contributed by atoms with E-state index in [-0.39, 0.29) is 29.6 Å². The van der Waals surface area contributed by atoms with Gasteiger partial charge in [-0.05, 0) is 20.8 Å². The van der Waals surface area contributed by atoms with Crippen LogP contribution >= 0.6 is 0 Å². The number of carbonyl (C=O) groups excluding carboxylic acids is 3. The molecule has 2 aliphatic heterocycles. The van der Waals surface area contributed by atoms with E-state index in [0.29, 0.717) is 12.0 Å². The van der Waals surface area contributed by atoms with Crippen LogP contribution in [0.5, 0.6) is 0 Å². The van der Waals surface area contributed by atoms with Crippen LogP contribution in [-0.2, 0) is 33.3 Å². The lowest BCUT2D eigenvalue weighted by atomic mass is 9.51. The number of fused-ring (bicyclic) bond motifs is 1. The van der Waals surface area contributed by atoms with E-state index < -0.39 is 46.9 Å². The van der Waals surface area contributed by atoms with Gasteiger partial charge in [-0.15, -0.1) is 0 Å². The molecule has 1 N–H and O–H groups in total. The van der Waals surface area contributed by atoms with E-state index in [2.05, 4.69) is 0 Å². The van der Waals surface area contributed by atoms with Crippen molar-refractivity contribution in [3.63, 3.8) is 0 Å². The minimum absolute atomic E-state index is 0.0518. The smallest absolute Gasteiger partial charge is 0.336 e. The number of carbonyl (C=O) groups is 3. The molecule has 0 amide bonds. The van der Waals surface area contributed by atoms with Gasteiger partial charge in [-0.25, -0.2) is 9.59 Å². The molecule has 3 fully saturated rings. The SMILES string of the molecule is CC=C(C)C(=O)OC1CC2OC23CC2(O)OC(=O)C(C)=C2C(OC(C)=O)C3(C)C1C. The Morgan fingerprint density at radius 3 is 2.53 bits per heavy atom. The molecule has 0 aromatic heterocycles. The van der Waals surface area contributed by atoms with Crippen molar-refractivity contribution in [2.75, 3.05) is 0 Å². The fraction of sp³-hybridized carbons (Fsp3) is 0.682. The summed E-state index contributed by atoms with van der Waals surface area (Å²) in [5, 5.41) is 11.2. The normalized spacial score (nSPS) is 44.5. The molecule has 8 nitrogen and oxygen atoms in total. The quantitative estimate of drug-likeness (QED) is 0.319. The molecular weight excluding hydrogens is 392 g/mol. The number of rotatable bonds is 3. The second-order valence-electron chi connectivity index (χ2n) is 9.10. The molecule has 2 heterocycles. The number of esters is 3. The number of aliphatic hydroxyl groups is 1. The molecule has 4 rings (SSSR count). The first-order valence-electron chi connectivity index (χ1n) is 10.3. The van der Waals surface area contributed by atoms with Crippen LogP contribution in [0, 0.1) is 11.3 Å². The van der Waals surface area contributed by atoms with Gasteiger partial charge in [0.25, 0.3) is 0 Å². The van der Waals surface area contributed by atoms with E-state index in [1.165, 1.54) is 6.92 Å². The summed E-state index contributed by atoms with van der Waals surface area (Å²) in [6, 6.07) is 0. The average Bonchev–Trinajstić information content (AvgIpc) is 3.30. The van der Waals surface area contributed by atoms with Crippen LogP contribution in [0.15, 0.2) is 22.8 Å². The van der Waals surface area contributed by atoms with E-state index in [4.69, 9.17) is 18.9 Å². The lowest BCUT2D eigenvalue weighted by molar-refractivity contribution is -0.232. The van der Waals surface area contributed by atoms with E-state index in [9.17, 15) is 19.5 Å². The van der Waals surface area contributed by atoms with Crippen molar-refractivity contribution < 1.29 is 38.4 Å². The standard InChI is InChI=1S/C22H28O8/c1-7-10(2)18(24)28-14-8-15-21(29-15)9-22(26)16(11(3)19(25)30-22)17(27-13(5)23)20(21,6)12(14)4/h7,12,14-15,17,26H,8-9H2,1-6H3. The molecule has 164 valence electrons. The van der Waals surface area contributed by atoms with Crippen molar-refractivity contribution >= 4 is 17.9 Å². The van der Waals surface area contributed by atoms with Crippen molar-refractivity contribution in [1.82, 2.24) is 0 Å². The van der Waals surface area contributed by atoms with Gasteiger partial charge < -0.3 is 24.1 Å². The topological polar surface area (TPSA) is 112 Å². The number of ether oxygens (including phenoxy) is 4. The van der Waals surface area contributed by atoms with Crippen LogP contribution in [0.1, 0.15) is 54.4 Å². The number of hydrogen-bond acceptors (Lipinski definition) is 8. The van der Waals surface area contributed by atoms with Crippen molar-refractivity contribution in [1.29, 1.82) is 0 Å². The molecule has 0 aromatic rings. The average molecular weight is 420 g/mol. The summed E-state index contributed by atoms with van der Waals surface area (Å²) in [6.07, 6.45) is 0.453. The zero-order valence-electron chi connectivity index (χ0n) is 18.1. The third-order valence-electron chi connectivity index (χ3n) is 7.68. The highest BCUT2D eigenvalue weighted by Gasteiger charge is 2.82. The molecule has 30 heavy (non-hydrogen) atoms. The van der Waals surface area contributed by atoms with Crippen LogP contribution in [0.25, 0.3) is 0 Å². The maximum absolute atomic E-state index is 12.4. The summed E-state index contributed by atoms with van der Waals surface area (Å²) in [7, 11) is 0.